The van der Waals surface area contributed by atoms with Crippen LogP contribution in [0.15, 0.2) is 12.1 Å². The molecular weight excluding hydrogens is 661 g/mol. The summed E-state index contributed by atoms with van der Waals surface area (Å²) in [5.74, 6) is -1.16. The summed E-state index contributed by atoms with van der Waals surface area (Å²) >= 11 is 7.65. The third-order valence-electron chi connectivity index (χ3n) is 9.43. The second kappa shape index (κ2) is 11.3. The number of ether oxygens (including phenoxy) is 4. The predicted octanol–water partition coefficient (Wildman–Crippen LogP) is 5.33. The highest BCUT2D eigenvalue weighted by molar-refractivity contribution is 7.21. The van der Waals surface area contributed by atoms with Gasteiger partial charge in [0.2, 0.25) is 5.06 Å². The van der Waals surface area contributed by atoms with Gasteiger partial charge in [-0.25, -0.2) is 18.0 Å². The van der Waals surface area contributed by atoms with Crippen molar-refractivity contribution < 1.29 is 36.9 Å². The standard InChI is InChI=1S/C31H26ClF3N6O5S/c32-22-20(16-2-3-18(34)26-19(16)17(9-36)28(47-26)46-29(37)42)23(35)24-21-25(22)44-12-15-11-43-7-6-41(15)27(21)39-30(38-24)45-13-31-4-1-5-40(31)10-14(33)8-31/h2-3,14-15H,1,4-8,10-13H2,(H2,37,42)/t14-,15+,31+/m1/s1. The Morgan fingerprint density at radius 3 is 2.91 bits per heavy atom. The summed E-state index contributed by atoms with van der Waals surface area (Å²) in [6.07, 6.45) is -0.160. The quantitative estimate of drug-likeness (QED) is 0.294. The number of morpholine rings is 1. The highest BCUT2D eigenvalue weighted by Crippen LogP contribution is 2.52. The predicted molar refractivity (Wildman–Crippen MR) is 166 cm³/mol. The van der Waals surface area contributed by atoms with Crippen molar-refractivity contribution in [2.24, 2.45) is 5.73 Å². The van der Waals surface area contributed by atoms with Crippen LogP contribution in [0.4, 0.5) is 23.8 Å². The van der Waals surface area contributed by atoms with Gasteiger partial charge in [-0.15, -0.1) is 0 Å². The zero-order chi connectivity index (χ0) is 32.6. The first-order chi connectivity index (χ1) is 22.7. The molecule has 0 spiro atoms. The number of halogens is 4. The number of nitrogens with two attached hydrogens (primary N) is 1. The van der Waals surface area contributed by atoms with Crippen LogP contribution in [0.5, 0.6) is 16.8 Å². The van der Waals surface area contributed by atoms with Crippen LogP contribution in [0.2, 0.25) is 5.02 Å². The van der Waals surface area contributed by atoms with Crippen molar-refractivity contribution in [3.8, 4) is 34.0 Å². The van der Waals surface area contributed by atoms with Crippen LogP contribution in [0, 0.1) is 23.0 Å². The molecule has 47 heavy (non-hydrogen) atoms. The molecule has 3 fully saturated rings. The molecule has 4 aromatic rings. The number of anilines is 1. The normalized spacial score (nSPS) is 23.7. The number of alkyl halides is 1. The minimum atomic E-state index is -1.20. The highest BCUT2D eigenvalue weighted by Gasteiger charge is 2.49. The third-order valence-corrected chi connectivity index (χ3v) is 10.9. The van der Waals surface area contributed by atoms with E-state index in [2.05, 4.69) is 9.88 Å². The minimum absolute atomic E-state index is 0.0197. The van der Waals surface area contributed by atoms with Crippen molar-refractivity contribution in [2.45, 2.75) is 37.0 Å². The molecule has 2 aromatic heterocycles. The Bertz CT molecular complexity index is 2030. The van der Waals surface area contributed by atoms with Gasteiger partial charge in [0.05, 0.1) is 39.9 Å². The molecule has 0 radical (unpaired) electrons. The summed E-state index contributed by atoms with van der Waals surface area (Å²) in [5.41, 5.74) is 4.15. The first-order valence-corrected chi connectivity index (χ1v) is 16.2. The van der Waals surface area contributed by atoms with Gasteiger partial charge in [-0.1, -0.05) is 29.0 Å². The Hall–Kier alpha value is -4.10. The molecule has 244 valence electrons. The van der Waals surface area contributed by atoms with Gasteiger partial charge in [-0.3, -0.25) is 4.90 Å². The summed E-state index contributed by atoms with van der Waals surface area (Å²) < 4.78 is 69.7. The van der Waals surface area contributed by atoms with Crippen LogP contribution in [0.1, 0.15) is 24.8 Å². The largest absolute Gasteiger partial charge is 0.489 e. The molecule has 1 amide bonds. The van der Waals surface area contributed by atoms with Crippen LogP contribution >= 0.6 is 22.9 Å². The van der Waals surface area contributed by atoms with Gasteiger partial charge in [0.25, 0.3) is 0 Å². The van der Waals surface area contributed by atoms with E-state index in [9.17, 15) is 14.4 Å². The fourth-order valence-corrected chi connectivity index (χ4v) is 8.77. The molecule has 0 bridgehead atoms. The molecule has 3 saturated heterocycles. The van der Waals surface area contributed by atoms with Gasteiger partial charge in [-0.2, -0.15) is 15.2 Å². The second-order valence-electron chi connectivity index (χ2n) is 12.1. The molecule has 0 unspecified atom stereocenters. The molecule has 4 aliphatic rings. The number of aromatic nitrogens is 2. The van der Waals surface area contributed by atoms with Gasteiger partial charge in [0.15, 0.2) is 11.6 Å². The van der Waals surface area contributed by atoms with E-state index in [-0.39, 0.29) is 78.8 Å². The zero-order valence-corrected chi connectivity index (χ0v) is 26.2. The van der Waals surface area contributed by atoms with E-state index in [0.717, 1.165) is 25.5 Å². The summed E-state index contributed by atoms with van der Waals surface area (Å²) in [7, 11) is 0. The van der Waals surface area contributed by atoms with Crippen molar-refractivity contribution in [1.82, 2.24) is 14.9 Å². The highest BCUT2D eigenvalue weighted by atomic mass is 35.5. The topological polar surface area (TPSA) is 136 Å². The van der Waals surface area contributed by atoms with Crippen molar-refractivity contribution in [2.75, 3.05) is 51.0 Å². The maximum Gasteiger partial charge on any atom is 0.410 e. The number of nitriles is 1. The number of primary amides is 1. The molecule has 11 nitrogen and oxygen atoms in total. The van der Waals surface area contributed by atoms with Gasteiger partial charge in [0, 0.05) is 30.5 Å². The van der Waals surface area contributed by atoms with Crippen LogP contribution in [0.25, 0.3) is 32.1 Å². The second-order valence-corrected chi connectivity index (χ2v) is 13.4. The SMILES string of the molecule is N#Cc1c(OC(N)=O)sc2c(F)ccc(-c3c(Cl)c4c5c(nc(OC[C@@]67CCCN6C[C@H](F)C7)nc5c3F)N3CCOC[C@H]3CO4)c12. The molecule has 4 aliphatic heterocycles. The van der Waals surface area contributed by atoms with Crippen LogP contribution in [-0.4, -0.2) is 84.8 Å². The Kier molecular flexibility index (Phi) is 7.25. The number of amides is 1. The molecule has 0 aliphatic carbocycles. The summed E-state index contributed by atoms with van der Waals surface area (Å²) in [5, 5.41) is 9.84. The third kappa shape index (κ3) is 4.72. The Labute approximate surface area is 274 Å². The number of hydrogen-bond donors (Lipinski definition) is 1. The first kappa shape index (κ1) is 30.2. The number of rotatable bonds is 5. The van der Waals surface area contributed by atoms with Gasteiger partial charge in [-0.05, 0) is 31.0 Å². The molecule has 8 rings (SSSR count). The molecule has 2 N–H and O–H groups in total. The number of nitrogens with zero attached hydrogens (tertiary/aromatic N) is 5. The molecule has 16 heteroatoms. The first-order valence-electron chi connectivity index (χ1n) is 15.0. The van der Waals surface area contributed by atoms with E-state index < -0.39 is 29.4 Å². The number of thiophene rings is 1. The van der Waals surface area contributed by atoms with Crippen molar-refractivity contribution >= 4 is 55.8 Å². The Balaban J connectivity index is 1.34. The van der Waals surface area contributed by atoms with Gasteiger partial charge < -0.3 is 29.6 Å². The maximum atomic E-state index is 17.1. The number of carbonyl (C=O) groups excluding carboxylic acids is 1. The van der Waals surface area contributed by atoms with E-state index in [4.69, 9.17) is 41.3 Å². The monoisotopic (exact) mass is 686 g/mol. The van der Waals surface area contributed by atoms with E-state index in [1.807, 2.05) is 11.0 Å². The van der Waals surface area contributed by atoms with E-state index >= 15 is 8.78 Å². The van der Waals surface area contributed by atoms with Crippen LogP contribution in [-0.2, 0) is 4.74 Å². The van der Waals surface area contributed by atoms with Gasteiger partial charge >= 0.3 is 12.1 Å². The van der Waals surface area contributed by atoms with E-state index in [0.29, 0.717) is 49.9 Å². The molecule has 0 saturated carbocycles. The zero-order valence-electron chi connectivity index (χ0n) is 24.7. The lowest BCUT2D eigenvalue weighted by molar-refractivity contribution is 0.0780. The Morgan fingerprint density at radius 2 is 2.11 bits per heavy atom. The van der Waals surface area contributed by atoms with Crippen molar-refractivity contribution in [3.63, 3.8) is 0 Å². The van der Waals surface area contributed by atoms with Crippen molar-refractivity contribution in [3.05, 3.63) is 34.4 Å². The molecular formula is C31H26ClF3N6O5S. The maximum absolute atomic E-state index is 17.1. The molecule has 3 atom stereocenters. The molecule has 2 aromatic carbocycles. The average molecular weight is 687 g/mol. The lowest BCUT2D eigenvalue weighted by atomic mass is 9.95. The number of hydrogen-bond acceptors (Lipinski definition) is 11. The summed E-state index contributed by atoms with van der Waals surface area (Å²) in [6.45, 7) is 2.51. The minimum Gasteiger partial charge on any atom is -0.489 e. The number of benzene rings is 2. The van der Waals surface area contributed by atoms with Crippen LogP contribution < -0.4 is 24.8 Å². The summed E-state index contributed by atoms with van der Waals surface area (Å²) in [6, 6.07) is 3.92. The number of carbonyl (C=O) groups is 1. The smallest absolute Gasteiger partial charge is 0.410 e. The average Bonchev–Trinajstić information content (AvgIpc) is 3.66. The fourth-order valence-electron chi connectivity index (χ4n) is 7.40. The number of fused-ring (bicyclic) bond motifs is 4. The van der Waals surface area contributed by atoms with Gasteiger partial charge in [0.1, 0.15) is 48.2 Å². The summed E-state index contributed by atoms with van der Waals surface area (Å²) in [4.78, 5) is 24.9. The van der Waals surface area contributed by atoms with Crippen molar-refractivity contribution in [1.29, 1.82) is 5.26 Å². The van der Waals surface area contributed by atoms with E-state index in [1.165, 1.54) is 6.07 Å². The Morgan fingerprint density at radius 1 is 1.26 bits per heavy atom. The van der Waals surface area contributed by atoms with E-state index in [1.54, 1.807) is 0 Å². The fraction of sp³-hybridized carbons (Fsp3) is 0.419. The molecule has 6 heterocycles. The van der Waals surface area contributed by atoms with Crippen LogP contribution in [0.3, 0.4) is 0 Å². The lowest BCUT2D eigenvalue weighted by Crippen LogP contribution is -2.48. The lowest BCUT2D eigenvalue weighted by Gasteiger charge is -2.35.